The molecule has 1 aromatic carbocycles. The average Bonchev–Trinajstić information content (AvgIpc) is 2.82. The minimum atomic E-state index is -0.409. The van der Waals surface area contributed by atoms with Gasteiger partial charge in [-0.1, -0.05) is 0 Å². The lowest BCUT2D eigenvalue weighted by Gasteiger charge is -2.38. The Hall–Kier alpha value is -2.43. The zero-order valence-corrected chi connectivity index (χ0v) is 19.4. The van der Waals surface area contributed by atoms with Crippen LogP contribution in [0.15, 0.2) is 12.1 Å². The van der Waals surface area contributed by atoms with Crippen molar-refractivity contribution >= 4 is 23.2 Å². The Morgan fingerprint density at radius 1 is 1.00 bits per heavy atom. The molecule has 3 saturated heterocycles. The van der Waals surface area contributed by atoms with Gasteiger partial charge in [-0.25, -0.2) is 4.39 Å². The molecule has 3 heterocycles. The summed E-state index contributed by atoms with van der Waals surface area (Å²) in [7, 11) is 1.49. The summed E-state index contributed by atoms with van der Waals surface area (Å²) in [6.07, 6.45) is 3.26. The Morgan fingerprint density at radius 3 is 2.21 bits per heavy atom. The minimum absolute atomic E-state index is 0.266. The van der Waals surface area contributed by atoms with Crippen LogP contribution in [0.25, 0.3) is 0 Å². The molecule has 0 saturated carbocycles. The van der Waals surface area contributed by atoms with Crippen molar-refractivity contribution in [3.8, 4) is 5.75 Å². The summed E-state index contributed by atoms with van der Waals surface area (Å²) in [5.41, 5.74) is 9.48. The molecule has 0 spiro atoms. The number of amides is 2. The summed E-state index contributed by atoms with van der Waals surface area (Å²) < 4.78 is 20.5. The average molecular weight is 463 g/mol. The van der Waals surface area contributed by atoms with Crippen molar-refractivity contribution in [3.05, 3.63) is 17.9 Å². The second-order valence-corrected chi connectivity index (χ2v) is 9.10. The highest BCUT2D eigenvalue weighted by molar-refractivity contribution is 5.99. The third-order valence-electron chi connectivity index (χ3n) is 6.86. The number of methoxy groups -OCH3 is 1. The molecule has 0 aromatic heterocycles. The number of ether oxygens (including phenoxy) is 1. The van der Waals surface area contributed by atoms with E-state index < -0.39 is 5.82 Å². The number of nitrogens with two attached hydrogens (primary N) is 1. The first-order valence-electron chi connectivity index (χ1n) is 11.9. The Labute approximate surface area is 194 Å². The smallest absolute Gasteiger partial charge is 0.248 e. The van der Waals surface area contributed by atoms with Crippen molar-refractivity contribution in [2.45, 2.75) is 38.1 Å². The van der Waals surface area contributed by atoms with E-state index in [1.807, 2.05) is 4.90 Å². The fourth-order valence-corrected chi connectivity index (χ4v) is 4.71. The number of hydrogen-bond acceptors (Lipinski definition) is 8. The number of imide groups is 1. The molecule has 0 radical (unpaired) electrons. The van der Waals surface area contributed by atoms with Gasteiger partial charge in [-0.3, -0.25) is 19.9 Å². The van der Waals surface area contributed by atoms with E-state index in [-0.39, 0.29) is 30.3 Å². The number of hydrazine groups is 1. The number of anilines is 2. The van der Waals surface area contributed by atoms with Crippen molar-refractivity contribution in [2.24, 2.45) is 5.73 Å². The van der Waals surface area contributed by atoms with E-state index in [9.17, 15) is 9.59 Å². The molecule has 3 fully saturated rings. The number of hydrogen-bond donors (Lipinski definition) is 2. The fourth-order valence-electron chi connectivity index (χ4n) is 4.71. The lowest BCUT2D eigenvalue weighted by Crippen LogP contribution is -2.49. The van der Waals surface area contributed by atoms with Crippen molar-refractivity contribution in [2.75, 3.05) is 69.8 Å². The number of rotatable bonds is 7. The zero-order chi connectivity index (χ0) is 23.4. The number of likely N-dealkylation sites (tertiary alicyclic amines) is 1. The van der Waals surface area contributed by atoms with Gasteiger partial charge < -0.3 is 20.3 Å². The van der Waals surface area contributed by atoms with Gasteiger partial charge in [0.25, 0.3) is 0 Å². The summed E-state index contributed by atoms with van der Waals surface area (Å²) in [5, 5.41) is 0.968. The molecule has 182 valence electrons. The topological polar surface area (TPSA) is 94.4 Å². The predicted molar refractivity (Wildman–Crippen MR) is 125 cm³/mol. The Morgan fingerprint density at radius 2 is 1.61 bits per heavy atom. The molecular weight excluding hydrogens is 427 g/mol. The largest absolute Gasteiger partial charge is 0.494 e. The molecule has 0 bridgehead atoms. The fraction of sp³-hybridized carbons (Fsp3) is 0.652. The SMILES string of the molecule is COc1cc(N2CCN(CCN3CCC(N)CC3)CC2)c(F)cc1NN1C(=O)CCCC1=O. The van der Waals surface area contributed by atoms with Gasteiger partial charge in [-0.2, -0.15) is 5.01 Å². The number of piperazine rings is 1. The van der Waals surface area contributed by atoms with Gasteiger partial charge in [-0.15, -0.1) is 0 Å². The van der Waals surface area contributed by atoms with Crippen molar-refractivity contribution in [1.29, 1.82) is 0 Å². The molecule has 2 amide bonds. The van der Waals surface area contributed by atoms with Gasteiger partial charge in [0.15, 0.2) is 0 Å². The summed E-state index contributed by atoms with van der Waals surface area (Å²) in [6, 6.07) is 3.29. The third kappa shape index (κ3) is 5.74. The highest BCUT2D eigenvalue weighted by Gasteiger charge is 2.28. The predicted octanol–water partition coefficient (Wildman–Crippen LogP) is 1.25. The van der Waals surface area contributed by atoms with Crippen LogP contribution in [0.5, 0.6) is 5.75 Å². The summed E-state index contributed by atoms with van der Waals surface area (Å²) in [4.78, 5) is 31.1. The van der Waals surface area contributed by atoms with Gasteiger partial charge in [-0.05, 0) is 32.4 Å². The van der Waals surface area contributed by atoms with Gasteiger partial charge in [0, 0.05) is 70.3 Å². The minimum Gasteiger partial charge on any atom is -0.494 e. The molecule has 9 nitrogen and oxygen atoms in total. The molecule has 3 aliphatic heterocycles. The van der Waals surface area contributed by atoms with Gasteiger partial charge in [0.05, 0.1) is 18.5 Å². The monoisotopic (exact) mass is 462 g/mol. The van der Waals surface area contributed by atoms with E-state index in [2.05, 4.69) is 15.2 Å². The molecule has 4 rings (SSSR count). The molecular formula is C23H35FN6O3. The van der Waals surface area contributed by atoms with E-state index >= 15 is 4.39 Å². The Balaban J connectivity index is 1.34. The Kier molecular flexibility index (Phi) is 7.67. The highest BCUT2D eigenvalue weighted by atomic mass is 19.1. The van der Waals surface area contributed by atoms with E-state index in [4.69, 9.17) is 10.5 Å². The number of nitrogens with zero attached hydrogens (tertiary/aromatic N) is 4. The van der Waals surface area contributed by atoms with Gasteiger partial charge in [0.2, 0.25) is 11.8 Å². The molecule has 0 aliphatic carbocycles. The van der Waals surface area contributed by atoms with Crippen LogP contribution < -0.4 is 20.8 Å². The molecule has 0 atom stereocenters. The van der Waals surface area contributed by atoms with Crippen LogP contribution in [0.4, 0.5) is 15.8 Å². The third-order valence-corrected chi connectivity index (χ3v) is 6.86. The molecule has 33 heavy (non-hydrogen) atoms. The lowest BCUT2D eigenvalue weighted by atomic mass is 10.1. The van der Waals surface area contributed by atoms with E-state index in [1.165, 1.54) is 13.2 Å². The molecule has 1 aromatic rings. The van der Waals surface area contributed by atoms with E-state index in [0.717, 1.165) is 70.2 Å². The first-order valence-corrected chi connectivity index (χ1v) is 11.9. The first kappa shape index (κ1) is 23.7. The van der Waals surface area contributed by atoms with Gasteiger partial charge in [0.1, 0.15) is 11.6 Å². The number of carbonyl (C=O) groups is 2. The van der Waals surface area contributed by atoms with Crippen molar-refractivity contribution < 1.29 is 18.7 Å². The zero-order valence-electron chi connectivity index (χ0n) is 19.4. The summed E-state index contributed by atoms with van der Waals surface area (Å²) in [5.74, 6) is -0.653. The van der Waals surface area contributed by atoms with Crippen molar-refractivity contribution in [3.63, 3.8) is 0 Å². The summed E-state index contributed by atoms with van der Waals surface area (Å²) >= 11 is 0. The molecule has 3 aliphatic rings. The lowest BCUT2D eigenvalue weighted by molar-refractivity contribution is -0.146. The maximum absolute atomic E-state index is 15.1. The normalized spacial score (nSPS) is 21.5. The van der Waals surface area contributed by atoms with Crippen LogP contribution in [-0.2, 0) is 9.59 Å². The van der Waals surface area contributed by atoms with Gasteiger partial charge >= 0.3 is 0 Å². The second kappa shape index (κ2) is 10.7. The van der Waals surface area contributed by atoms with Crippen LogP contribution in [0.1, 0.15) is 32.1 Å². The standard InChI is InChI=1S/C23H35FN6O3/c1-33-21-16-20(18(24)15-19(21)26-30-22(31)3-2-4-23(30)32)29-13-11-28(12-14-29)10-9-27-7-5-17(25)6-8-27/h15-17,26H,2-14,25H2,1H3. The number of carbonyl (C=O) groups excluding carboxylic acids is 2. The maximum atomic E-state index is 15.1. The Bertz CT molecular complexity index is 837. The first-order chi connectivity index (χ1) is 15.9. The number of halogens is 1. The highest BCUT2D eigenvalue weighted by Crippen LogP contribution is 2.34. The second-order valence-electron chi connectivity index (χ2n) is 9.10. The van der Waals surface area contributed by atoms with E-state index in [0.29, 0.717) is 23.9 Å². The number of benzene rings is 1. The van der Waals surface area contributed by atoms with Crippen LogP contribution in [0.3, 0.4) is 0 Å². The number of piperidine rings is 2. The van der Waals surface area contributed by atoms with Crippen LogP contribution in [0.2, 0.25) is 0 Å². The maximum Gasteiger partial charge on any atom is 0.248 e. The van der Waals surface area contributed by atoms with E-state index in [1.54, 1.807) is 6.07 Å². The van der Waals surface area contributed by atoms with Crippen LogP contribution >= 0.6 is 0 Å². The quantitative estimate of drug-likeness (QED) is 0.585. The number of nitrogens with one attached hydrogen (secondary N) is 1. The van der Waals surface area contributed by atoms with Crippen LogP contribution in [-0.4, -0.2) is 92.1 Å². The van der Waals surface area contributed by atoms with Crippen molar-refractivity contribution in [1.82, 2.24) is 14.8 Å². The molecule has 3 N–H and O–H groups in total. The molecule has 0 unspecified atom stereocenters. The van der Waals surface area contributed by atoms with Crippen LogP contribution in [0, 0.1) is 5.82 Å². The summed E-state index contributed by atoms with van der Waals surface area (Å²) in [6.45, 7) is 7.38. The molecule has 10 heteroatoms.